The molecule has 2 rings (SSSR count). The number of esters is 1. The van der Waals surface area contributed by atoms with Gasteiger partial charge in [-0.25, -0.2) is 4.79 Å². The van der Waals surface area contributed by atoms with Crippen molar-refractivity contribution in [3.8, 4) is 5.75 Å². The van der Waals surface area contributed by atoms with Crippen molar-refractivity contribution < 1.29 is 14.3 Å². The summed E-state index contributed by atoms with van der Waals surface area (Å²) in [4.78, 5) is 11.8. The monoisotopic (exact) mass is 425 g/mol. The highest BCUT2D eigenvalue weighted by molar-refractivity contribution is 9.10. The highest BCUT2D eigenvalue weighted by Gasteiger charge is 2.12. The van der Waals surface area contributed by atoms with Gasteiger partial charge < -0.3 is 14.8 Å². The van der Waals surface area contributed by atoms with E-state index in [2.05, 4.69) is 21.2 Å². The van der Waals surface area contributed by atoms with Crippen LogP contribution in [0.3, 0.4) is 0 Å². The van der Waals surface area contributed by atoms with E-state index in [1.165, 1.54) is 7.11 Å². The van der Waals surface area contributed by atoms with Gasteiger partial charge in [-0.15, -0.1) is 0 Å². The minimum atomic E-state index is -0.368. The number of carbonyl (C=O) groups excluding carboxylic acids is 1. The van der Waals surface area contributed by atoms with Crippen LogP contribution in [0.1, 0.15) is 27.9 Å². The molecule has 25 heavy (non-hydrogen) atoms. The summed E-state index contributed by atoms with van der Waals surface area (Å²) in [5, 5.41) is 4.03. The number of carbonyl (C=O) groups is 1. The van der Waals surface area contributed by atoms with E-state index in [1.807, 2.05) is 38.1 Å². The van der Waals surface area contributed by atoms with Gasteiger partial charge in [0.15, 0.2) is 0 Å². The van der Waals surface area contributed by atoms with Crippen LogP contribution in [0.5, 0.6) is 5.75 Å². The molecule has 0 atom stereocenters. The van der Waals surface area contributed by atoms with Gasteiger partial charge in [0.25, 0.3) is 0 Å². The van der Waals surface area contributed by atoms with Crippen LogP contribution in [0.2, 0.25) is 5.02 Å². The van der Waals surface area contributed by atoms with Crippen molar-refractivity contribution >= 4 is 39.2 Å². The summed E-state index contributed by atoms with van der Waals surface area (Å²) in [5.74, 6) is 0.449. The summed E-state index contributed by atoms with van der Waals surface area (Å²) in [5.41, 5.74) is 3.26. The van der Waals surface area contributed by atoms with Gasteiger partial charge >= 0.3 is 5.97 Å². The normalized spacial score (nSPS) is 10.4. The van der Waals surface area contributed by atoms with Crippen molar-refractivity contribution in [2.45, 2.75) is 20.3 Å². The van der Waals surface area contributed by atoms with Crippen molar-refractivity contribution in [2.24, 2.45) is 0 Å². The first-order valence-corrected chi connectivity index (χ1v) is 9.10. The van der Waals surface area contributed by atoms with Crippen LogP contribution in [0.25, 0.3) is 0 Å². The Hall–Kier alpha value is -1.72. The van der Waals surface area contributed by atoms with Crippen molar-refractivity contribution in [2.75, 3.05) is 25.6 Å². The Labute approximate surface area is 161 Å². The fourth-order valence-electron chi connectivity index (χ4n) is 2.42. The number of rotatable bonds is 7. The van der Waals surface area contributed by atoms with E-state index >= 15 is 0 Å². The van der Waals surface area contributed by atoms with Gasteiger partial charge in [0, 0.05) is 21.7 Å². The van der Waals surface area contributed by atoms with Crippen molar-refractivity contribution in [3.05, 3.63) is 56.5 Å². The van der Waals surface area contributed by atoms with Crippen molar-refractivity contribution in [1.29, 1.82) is 0 Å². The van der Waals surface area contributed by atoms with Crippen LogP contribution in [0.15, 0.2) is 34.8 Å². The molecule has 0 aromatic heterocycles. The molecule has 0 amide bonds. The zero-order valence-corrected chi connectivity index (χ0v) is 16.8. The average molecular weight is 427 g/mol. The van der Waals surface area contributed by atoms with Gasteiger partial charge in [0.2, 0.25) is 0 Å². The summed E-state index contributed by atoms with van der Waals surface area (Å²) in [7, 11) is 1.37. The van der Waals surface area contributed by atoms with Crippen LogP contribution >= 0.6 is 27.5 Å². The van der Waals surface area contributed by atoms with Gasteiger partial charge in [-0.1, -0.05) is 27.5 Å². The number of hydrogen-bond donors (Lipinski definition) is 1. The summed E-state index contributed by atoms with van der Waals surface area (Å²) in [6.45, 7) is 5.17. The minimum absolute atomic E-state index is 0.368. The molecule has 0 saturated carbocycles. The van der Waals surface area contributed by atoms with E-state index in [-0.39, 0.29) is 5.97 Å². The molecule has 0 heterocycles. The third kappa shape index (κ3) is 5.38. The number of benzene rings is 2. The van der Waals surface area contributed by atoms with Crippen molar-refractivity contribution in [3.63, 3.8) is 0 Å². The summed E-state index contributed by atoms with van der Waals surface area (Å²) in [6, 6.07) is 9.34. The fraction of sp³-hybridized carbons (Fsp3) is 0.316. The molecule has 0 aliphatic rings. The first kappa shape index (κ1) is 19.6. The molecular formula is C19H21BrClNO3. The molecule has 0 aliphatic heterocycles. The van der Waals surface area contributed by atoms with Gasteiger partial charge in [-0.3, -0.25) is 0 Å². The summed E-state index contributed by atoms with van der Waals surface area (Å²) >= 11 is 9.52. The van der Waals surface area contributed by atoms with E-state index in [4.69, 9.17) is 21.1 Å². The quantitative estimate of drug-likeness (QED) is 0.476. The zero-order valence-electron chi connectivity index (χ0n) is 14.5. The first-order chi connectivity index (χ1) is 11.9. The summed E-state index contributed by atoms with van der Waals surface area (Å²) in [6.07, 6.45) is 0.789. The maximum atomic E-state index is 11.8. The second-order valence-electron chi connectivity index (χ2n) is 5.68. The number of aryl methyl sites for hydroxylation is 2. The number of anilines is 1. The van der Waals surface area contributed by atoms with E-state index in [1.54, 1.807) is 6.07 Å². The topological polar surface area (TPSA) is 47.6 Å². The Morgan fingerprint density at radius 2 is 1.88 bits per heavy atom. The molecule has 0 radical (unpaired) electrons. The van der Waals surface area contributed by atoms with E-state index in [0.29, 0.717) is 18.7 Å². The van der Waals surface area contributed by atoms with Crippen LogP contribution in [-0.4, -0.2) is 26.2 Å². The third-order valence-corrected chi connectivity index (χ3v) is 4.79. The molecule has 134 valence electrons. The number of hydrogen-bond acceptors (Lipinski definition) is 4. The van der Waals surface area contributed by atoms with E-state index in [9.17, 15) is 4.79 Å². The molecule has 2 aromatic carbocycles. The third-order valence-electron chi connectivity index (χ3n) is 3.70. The van der Waals surface area contributed by atoms with Gasteiger partial charge in [-0.05, 0) is 61.7 Å². The van der Waals surface area contributed by atoms with Gasteiger partial charge in [0.1, 0.15) is 5.75 Å². The Balaban J connectivity index is 1.87. The summed E-state index contributed by atoms with van der Waals surface area (Å²) < 4.78 is 11.4. The smallest absolute Gasteiger partial charge is 0.340 e. The molecule has 0 bridgehead atoms. The number of methoxy groups -OCH3 is 1. The molecule has 0 aliphatic carbocycles. The molecule has 6 heteroatoms. The van der Waals surface area contributed by atoms with Crippen LogP contribution in [0.4, 0.5) is 5.69 Å². The van der Waals surface area contributed by atoms with Crippen LogP contribution < -0.4 is 10.1 Å². The predicted octanol–water partition coefficient (Wildman–Crippen LogP) is 5.39. The maximum Gasteiger partial charge on any atom is 0.340 e. The van der Waals surface area contributed by atoms with E-state index in [0.717, 1.165) is 38.5 Å². The second kappa shape index (κ2) is 9.11. The highest BCUT2D eigenvalue weighted by atomic mass is 79.9. The first-order valence-electron chi connectivity index (χ1n) is 7.93. The molecule has 0 saturated heterocycles. The molecular weight excluding hydrogens is 406 g/mol. The Bertz CT molecular complexity index is 741. The lowest BCUT2D eigenvalue weighted by molar-refractivity contribution is 0.0601. The van der Waals surface area contributed by atoms with Crippen LogP contribution in [0, 0.1) is 13.8 Å². The highest BCUT2D eigenvalue weighted by Crippen LogP contribution is 2.26. The minimum Gasteiger partial charge on any atom is -0.494 e. The molecule has 2 aromatic rings. The molecule has 4 nitrogen and oxygen atoms in total. The Kier molecular flexibility index (Phi) is 7.14. The van der Waals surface area contributed by atoms with E-state index < -0.39 is 0 Å². The largest absolute Gasteiger partial charge is 0.494 e. The van der Waals surface area contributed by atoms with Gasteiger partial charge in [-0.2, -0.15) is 0 Å². The molecule has 0 spiro atoms. The lowest BCUT2D eigenvalue weighted by atomic mass is 10.1. The average Bonchev–Trinajstić information content (AvgIpc) is 2.59. The maximum absolute atomic E-state index is 11.8. The van der Waals surface area contributed by atoms with Crippen LogP contribution in [-0.2, 0) is 4.74 Å². The SMILES string of the molecule is COC(=O)c1cc(Br)ccc1NCCCOc1cc(C)c(Cl)c(C)c1. The molecule has 0 fully saturated rings. The number of nitrogens with one attached hydrogen (secondary N) is 1. The Morgan fingerprint density at radius 1 is 1.20 bits per heavy atom. The Morgan fingerprint density at radius 3 is 2.52 bits per heavy atom. The molecule has 0 unspecified atom stereocenters. The zero-order chi connectivity index (χ0) is 18.4. The fourth-order valence-corrected chi connectivity index (χ4v) is 2.89. The molecule has 1 N–H and O–H groups in total. The lowest BCUT2D eigenvalue weighted by Crippen LogP contribution is -2.11. The predicted molar refractivity (Wildman–Crippen MR) is 105 cm³/mol. The van der Waals surface area contributed by atoms with Crippen molar-refractivity contribution in [1.82, 2.24) is 0 Å². The number of halogens is 2. The van der Waals surface area contributed by atoms with Gasteiger partial charge in [0.05, 0.1) is 19.3 Å². The lowest BCUT2D eigenvalue weighted by Gasteiger charge is -2.12. The standard InChI is InChI=1S/C19H21BrClNO3/c1-12-9-15(10-13(2)18(12)21)25-8-4-7-22-17-6-5-14(20)11-16(17)19(23)24-3/h5-6,9-11,22H,4,7-8H2,1-3H3. The number of ether oxygens (including phenoxy) is 2. The second-order valence-corrected chi connectivity index (χ2v) is 6.97.